The fourth-order valence-electron chi connectivity index (χ4n) is 2.65. The number of hydroxylamine groups is 2. The van der Waals surface area contributed by atoms with E-state index in [1.54, 1.807) is 24.3 Å². The van der Waals surface area contributed by atoms with Gasteiger partial charge in [0.1, 0.15) is 25.2 Å². The largest absolute Gasteiger partial charge is 1.00 e. The number of carbonyl (C=O) groups excluding carboxylic acids is 4. The second kappa shape index (κ2) is 8.70. The van der Waals surface area contributed by atoms with Gasteiger partial charge in [0.15, 0.2) is 0 Å². The summed E-state index contributed by atoms with van der Waals surface area (Å²) in [7, 11) is 0. The van der Waals surface area contributed by atoms with Gasteiger partial charge in [0.05, 0.1) is 6.42 Å². The standard InChI is InChI=1S/C16H16N2O8.Na/c19-12-6-7-16(26-12,14(21)22)18-13(20)11(9-25-18)17-15(23)24-8-10-4-2-1-3-5-10;/h1-5,11H,6-9H2,(H,17,23)(H,21,22);/q;+1/p-1/t11-,16?;/m0./s1. The molecule has 0 aliphatic carbocycles. The Morgan fingerprint density at radius 2 is 2.00 bits per heavy atom. The second-order valence-electron chi connectivity index (χ2n) is 5.73. The van der Waals surface area contributed by atoms with E-state index in [9.17, 15) is 24.3 Å². The smallest absolute Gasteiger partial charge is 0.544 e. The van der Waals surface area contributed by atoms with E-state index < -0.39 is 35.7 Å². The molecule has 2 amide bonds. The summed E-state index contributed by atoms with van der Waals surface area (Å²) in [5, 5.41) is 14.1. The summed E-state index contributed by atoms with van der Waals surface area (Å²) in [4.78, 5) is 52.0. The zero-order valence-electron chi connectivity index (χ0n) is 14.5. The first-order chi connectivity index (χ1) is 12.4. The van der Waals surface area contributed by atoms with E-state index in [0.717, 1.165) is 5.56 Å². The average molecular weight is 386 g/mol. The molecule has 0 saturated carbocycles. The number of carbonyl (C=O) groups is 4. The van der Waals surface area contributed by atoms with Gasteiger partial charge in [0.25, 0.3) is 11.6 Å². The van der Waals surface area contributed by atoms with Crippen molar-refractivity contribution in [1.82, 2.24) is 10.4 Å². The van der Waals surface area contributed by atoms with Crippen molar-refractivity contribution in [1.29, 1.82) is 0 Å². The molecule has 138 valence electrons. The van der Waals surface area contributed by atoms with Crippen LogP contribution in [0.2, 0.25) is 0 Å². The van der Waals surface area contributed by atoms with Gasteiger partial charge >= 0.3 is 41.6 Å². The molecular weight excluding hydrogens is 371 g/mol. The van der Waals surface area contributed by atoms with Crippen LogP contribution in [0.5, 0.6) is 0 Å². The molecule has 0 spiro atoms. The Morgan fingerprint density at radius 1 is 1.30 bits per heavy atom. The molecule has 3 rings (SSSR count). The molecule has 11 heteroatoms. The number of ether oxygens (including phenoxy) is 2. The van der Waals surface area contributed by atoms with Gasteiger partial charge in [0.2, 0.25) is 0 Å². The first-order valence-corrected chi connectivity index (χ1v) is 7.80. The van der Waals surface area contributed by atoms with Gasteiger partial charge in [0, 0.05) is 6.42 Å². The monoisotopic (exact) mass is 386 g/mol. The molecular formula is C16H15N2NaO8. The minimum Gasteiger partial charge on any atom is -0.544 e. The zero-order valence-corrected chi connectivity index (χ0v) is 16.5. The Hall–Kier alpha value is -2.14. The molecule has 10 nitrogen and oxygen atoms in total. The summed E-state index contributed by atoms with van der Waals surface area (Å²) in [6, 6.07) is 7.73. The maximum atomic E-state index is 12.4. The van der Waals surface area contributed by atoms with Crippen LogP contribution in [0.4, 0.5) is 4.79 Å². The molecule has 1 N–H and O–H groups in total. The van der Waals surface area contributed by atoms with Crippen molar-refractivity contribution >= 4 is 23.9 Å². The molecule has 0 aromatic heterocycles. The van der Waals surface area contributed by atoms with Crippen LogP contribution in [0, 0.1) is 0 Å². The van der Waals surface area contributed by atoms with Gasteiger partial charge in [-0.3, -0.25) is 14.4 Å². The maximum absolute atomic E-state index is 12.4. The number of benzene rings is 1. The van der Waals surface area contributed by atoms with Gasteiger partial charge in [-0.25, -0.2) is 4.79 Å². The van der Waals surface area contributed by atoms with Crippen LogP contribution >= 0.6 is 0 Å². The van der Waals surface area contributed by atoms with Crippen LogP contribution in [0.25, 0.3) is 0 Å². The van der Waals surface area contributed by atoms with Crippen molar-refractivity contribution in [2.24, 2.45) is 0 Å². The number of carboxylic acid groups (broad SMARTS) is 1. The first kappa shape index (κ1) is 21.2. The summed E-state index contributed by atoms with van der Waals surface area (Å²) < 4.78 is 9.76. The number of nitrogens with one attached hydrogen (secondary N) is 1. The molecule has 0 bridgehead atoms. The first-order valence-electron chi connectivity index (χ1n) is 7.80. The van der Waals surface area contributed by atoms with Crippen molar-refractivity contribution < 1.29 is 68.2 Å². The SMILES string of the molecule is O=C1CCC(C(=O)[O-])(N2OC[C@H](NC(=O)OCc3ccccc3)C2=O)O1.[Na+]. The predicted molar refractivity (Wildman–Crippen MR) is 79.4 cm³/mol. The van der Waals surface area contributed by atoms with Gasteiger partial charge in [-0.1, -0.05) is 30.3 Å². The minimum absolute atomic E-state index is 0. The Labute approximate surface area is 176 Å². The Balaban J connectivity index is 0.00000261. The number of nitrogens with zero attached hydrogens (tertiary/aromatic N) is 1. The molecule has 2 aliphatic heterocycles. The third kappa shape index (κ3) is 4.41. The van der Waals surface area contributed by atoms with Crippen molar-refractivity contribution in [3.05, 3.63) is 35.9 Å². The van der Waals surface area contributed by atoms with Crippen LogP contribution in [0.15, 0.2) is 30.3 Å². The Morgan fingerprint density at radius 3 is 2.59 bits per heavy atom. The van der Waals surface area contributed by atoms with Crippen LogP contribution < -0.4 is 40.0 Å². The second-order valence-corrected chi connectivity index (χ2v) is 5.73. The van der Waals surface area contributed by atoms with Crippen molar-refractivity contribution in [3.8, 4) is 0 Å². The van der Waals surface area contributed by atoms with Crippen LogP contribution in [-0.4, -0.2) is 47.4 Å². The van der Waals surface area contributed by atoms with E-state index in [0.29, 0.717) is 5.06 Å². The van der Waals surface area contributed by atoms with Gasteiger partial charge in [-0.15, -0.1) is 0 Å². The van der Waals surface area contributed by atoms with Crippen LogP contribution in [-0.2, 0) is 35.3 Å². The number of hydrogen-bond acceptors (Lipinski definition) is 8. The van der Waals surface area contributed by atoms with E-state index in [1.165, 1.54) is 0 Å². The number of esters is 1. The molecule has 1 aromatic carbocycles. The molecule has 0 radical (unpaired) electrons. The van der Waals surface area contributed by atoms with E-state index in [1.807, 2.05) is 6.07 Å². The normalized spacial score (nSPS) is 24.1. The van der Waals surface area contributed by atoms with Gasteiger partial charge in [-0.05, 0) is 5.56 Å². The number of carboxylic acids is 1. The van der Waals surface area contributed by atoms with Gasteiger partial charge in [-0.2, -0.15) is 5.06 Å². The van der Waals surface area contributed by atoms with Crippen molar-refractivity contribution in [2.45, 2.75) is 31.2 Å². The van der Waals surface area contributed by atoms with Crippen LogP contribution in [0.3, 0.4) is 0 Å². The zero-order chi connectivity index (χ0) is 18.7. The number of rotatable bonds is 5. The fourth-order valence-corrected chi connectivity index (χ4v) is 2.65. The van der Waals surface area contributed by atoms with E-state index in [4.69, 9.17) is 14.3 Å². The number of aliphatic carboxylic acids is 1. The van der Waals surface area contributed by atoms with Crippen molar-refractivity contribution in [2.75, 3.05) is 6.61 Å². The quantitative estimate of drug-likeness (QED) is 0.398. The Kier molecular flexibility index (Phi) is 6.82. The van der Waals surface area contributed by atoms with Crippen molar-refractivity contribution in [3.63, 3.8) is 0 Å². The summed E-state index contributed by atoms with van der Waals surface area (Å²) in [6.07, 6.45) is -1.37. The molecule has 2 saturated heterocycles. The summed E-state index contributed by atoms with van der Waals surface area (Å²) in [5.41, 5.74) is -1.56. The third-order valence-corrected chi connectivity index (χ3v) is 3.97. The molecule has 2 fully saturated rings. The summed E-state index contributed by atoms with van der Waals surface area (Å²) in [5.74, 6) is -3.44. The number of cyclic esters (lactones) is 1. The third-order valence-electron chi connectivity index (χ3n) is 3.97. The van der Waals surface area contributed by atoms with E-state index in [-0.39, 0.29) is 55.6 Å². The molecule has 1 unspecified atom stereocenters. The molecule has 2 aliphatic rings. The molecule has 2 heterocycles. The predicted octanol–water partition coefficient (Wildman–Crippen LogP) is -4.16. The molecule has 27 heavy (non-hydrogen) atoms. The fraction of sp³-hybridized carbons (Fsp3) is 0.375. The maximum Gasteiger partial charge on any atom is 1.00 e. The number of hydrogen-bond donors (Lipinski definition) is 1. The molecule has 2 atom stereocenters. The summed E-state index contributed by atoms with van der Waals surface area (Å²) >= 11 is 0. The topological polar surface area (TPSA) is 134 Å². The van der Waals surface area contributed by atoms with E-state index >= 15 is 0 Å². The minimum atomic E-state index is -2.32. The van der Waals surface area contributed by atoms with Crippen LogP contribution in [0.1, 0.15) is 18.4 Å². The van der Waals surface area contributed by atoms with Gasteiger partial charge < -0.3 is 24.7 Å². The molecule has 1 aromatic rings. The average Bonchev–Trinajstić information content (AvgIpc) is 3.18. The number of amides is 2. The Bertz CT molecular complexity index is 743. The summed E-state index contributed by atoms with van der Waals surface area (Å²) in [6.45, 7) is -0.329. The van der Waals surface area contributed by atoms with E-state index in [2.05, 4.69) is 5.32 Å². The number of alkyl carbamates (subject to hydrolysis) is 1.